The Labute approximate surface area is 209 Å². The van der Waals surface area contributed by atoms with E-state index in [9.17, 15) is 14.4 Å². The zero-order valence-electron chi connectivity index (χ0n) is 20.3. The maximum Gasteiger partial charge on any atom is 0.238 e. The fourth-order valence-electron chi connectivity index (χ4n) is 6.50. The van der Waals surface area contributed by atoms with Crippen molar-refractivity contribution < 1.29 is 19.1 Å². The average Bonchev–Trinajstić information content (AvgIpc) is 3.37. The van der Waals surface area contributed by atoms with Crippen molar-refractivity contribution in [2.24, 2.45) is 5.92 Å². The molecular weight excluding hydrogens is 452 g/mol. The molecule has 4 atom stereocenters. The van der Waals surface area contributed by atoms with Crippen LogP contribution in [0.5, 0.6) is 5.75 Å². The van der Waals surface area contributed by atoms with Gasteiger partial charge in [-0.25, -0.2) is 0 Å². The Hall–Kier alpha value is -4.19. The molecule has 1 N–H and O–H groups in total. The smallest absolute Gasteiger partial charge is 0.238 e. The van der Waals surface area contributed by atoms with E-state index in [4.69, 9.17) is 4.74 Å². The van der Waals surface area contributed by atoms with Crippen molar-refractivity contribution in [2.45, 2.75) is 31.3 Å². The van der Waals surface area contributed by atoms with Crippen LogP contribution >= 0.6 is 0 Å². The number of ketones is 2. The van der Waals surface area contributed by atoms with Crippen LogP contribution in [0.25, 0.3) is 5.57 Å². The molecule has 36 heavy (non-hydrogen) atoms. The number of anilines is 2. The number of Topliss-reactive ketones (excluding diaryl/α,β-unsaturated/α-hetero) is 2. The summed E-state index contributed by atoms with van der Waals surface area (Å²) in [5, 5.41) is 3.04. The lowest BCUT2D eigenvalue weighted by Gasteiger charge is -2.39. The van der Waals surface area contributed by atoms with Crippen LogP contribution in [0.2, 0.25) is 0 Å². The van der Waals surface area contributed by atoms with Crippen molar-refractivity contribution in [3.8, 4) is 5.75 Å². The Morgan fingerprint density at radius 1 is 1.00 bits per heavy atom. The van der Waals surface area contributed by atoms with E-state index in [2.05, 4.69) is 11.4 Å². The average molecular weight is 479 g/mol. The normalized spacial score (nSPS) is 25.5. The lowest BCUT2D eigenvalue weighted by Crippen LogP contribution is -2.51. The minimum absolute atomic E-state index is 0.155. The molecule has 1 fully saturated rings. The zero-order valence-corrected chi connectivity index (χ0v) is 20.3. The van der Waals surface area contributed by atoms with Crippen molar-refractivity contribution in [2.75, 3.05) is 17.3 Å². The Kier molecular flexibility index (Phi) is 4.90. The standard InChI is InChI=1S/C30H26N2O4/c1-17-15-25-30(22-12-5-6-13-23(22)31-29(30)35)26(28(34)19-9-8-10-20(16-19)36-3)27(18(2)33)32(25)24-14-7-4-11-21(17)24/h4-16,25-27H,1-3H3,(H,31,35)/t25-,26+,27-,30-/m1/s1. The van der Waals surface area contributed by atoms with Gasteiger partial charge in [-0.1, -0.05) is 54.6 Å². The molecule has 0 radical (unpaired) electrons. The van der Waals surface area contributed by atoms with E-state index in [1.165, 1.54) is 6.92 Å². The van der Waals surface area contributed by atoms with Crippen molar-refractivity contribution in [3.05, 3.63) is 95.6 Å². The number of nitrogens with zero attached hydrogens (tertiary/aromatic N) is 1. The van der Waals surface area contributed by atoms with Gasteiger partial charge in [0.15, 0.2) is 11.6 Å². The predicted molar refractivity (Wildman–Crippen MR) is 138 cm³/mol. The van der Waals surface area contributed by atoms with Crippen LogP contribution in [0.4, 0.5) is 11.4 Å². The lowest BCUT2D eigenvalue weighted by molar-refractivity contribution is -0.122. The van der Waals surface area contributed by atoms with Crippen LogP contribution in [-0.2, 0) is 15.0 Å². The van der Waals surface area contributed by atoms with Crippen molar-refractivity contribution in [1.82, 2.24) is 0 Å². The van der Waals surface area contributed by atoms with E-state index >= 15 is 0 Å². The Morgan fingerprint density at radius 3 is 2.53 bits per heavy atom. The number of benzene rings is 3. The number of amides is 1. The molecule has 1 spiro atoms. The third-order valence-corrected chi connectivity index (χ3v) is 7.94. The summed E-state index contributed by atoms with van der Waals surface area (Å²) in [4.78, 5) is 44.0. The molecule has 1 amide bonds. The summed E-state index contributed by atoms with van der Waals surface area (Å²) in [7, 11) is 1.55. The third-order valence-electron chi connectivity index (χ3n) is 7.94. The summed E-state index contributed by atoms with van der Waals surface area (Å²) in [5.41, 5.74) is 3.44. The maximum absolute atomic E-state index is 14.4. The summed E-state index contributed by atoms with van der Waals surface area (Å²) >= 11 is 0. The Bertz CT molecular complexity index is 1480. The van der Waals surface area contributed by atoms with Gasteiger partial charge >= 0.3 is 0 Å². The molecule has 3 heterocycles. The Balaban J connectivity index is 1.67. The largest absolute Gasteiger partial charge is 0.497 e. The highest BCUT2D eigenvalue weighted by Gasteiger charge is 2.70. The summed E-state index contributed by atoms with van der Waals surface area (Å²) in [6.07, 6.45) is 2.05. The lowest BCUT2D eigenvalue weighted by atomic mass is 9.64. The summed E-state index contributed by atoms with van der Waals surface area (Å²) in [6, 6.07) is 21.0. The van der Waals surface area contributed by atoms with Crippen LogP contribution in [0.3, 0.4) is 0 Å². The number of fused-ring (bicyclic) bond motifs is 6. The first-order chi connectivity index (χ1) is 17.4. The number of carbonyl (C=O) groups excluding carboxylic acids is 3. The number of hydrogen-bond donors (Lipinski definition) is 1. The monoisotopic (exact) mass is 478 g/mol. The molecule has 180 valence electrons. The van der Waals surface area contributed by atoms with E-state index in [1.54, 1.807) is 31.4 Å². The predicted octanol–water partition coefficient (Wildman–Crippen LogP) is 4.65. The summed E-state index contributed by atoms with van der Waals surface area (Å²) in [5.74, 6) is -1.06. The van der Waals surface area contributed by atoms with Gasteiger partial charge in [0.2, 0.25) is 5.91 Å². The highest BCUT2D eigenvalue weighted by Crippen LogP contribution is 2.58. The van der Waals surface area contributed by atoms with Gasteiger partial charge in [-0.05, 0) is 49.2 Å². The molecule has 0 aromatic heterocycles. The van der Waals surface area contributed by atoms with Crippen LogP contribution in [-0.4, -0.2) is 36.7 Å². The van der Waals surface area contributed by atoms with Gasteiger partial charge < -0.3 is 15.0 Å². The molecule has 6 nitrogen and oxygen atoms in total. The molecule has 0 aliphatic carbocycles. The molecule has 3 aromatic carbocycles. The maximum atomic E-state index is 14.4. The van der Waals surface area contributed by atoms with Crippen molar-refractivity contribution in [1.29, 1.82) is 0 Å². The van der Waals surface area contributed by atoms with Crippen molar-refractivity contribution >= 4 is 34.4 Å². The number of nitrogens with one attached hydrogen (secondary N) is 1. The van der Waals surface area contributed by atoms with Crippen LogP contribution in [0.15, 0.2) is 78.9 Å². The molecule has 3 aromatic rings. The zero-order chi connectivity index (χ0) is 25.2. The third kappa shape index (κ3) is 2.81. The fraction of sp³-hybridized carbons (Fsp3) is 0.233. The highest BCUT2D eigenvalue weighted by atomic mass is 16.5. The minimum atomic E-state index is -1.28. The molecular formula is C30H26N2O4. The first-order valence-corrected chi connectivity index (χ1v) is 12.1. The fourth-order valence-corrected chi connectivity index (χ4v) is 6.50. The molecule has 0 saturated carbocycles. The van der Waals surface area contributed by atoms with Gasteiger partial charge in [0.05, 0.1) is 25.1 Å². The second-order valence-corrected chi connectivity index (χ2v) is 9.72. The number of hydrogen-bond acceptors (Lipinski definition) is 5. The molecule has 1 saturated heterocycles. The van der Waals surface area contributed by atoms with E-state index in [0.29, 0.717) is 17.0 Å². The summed E-state index contributed by atoms with van der Waals surface area (Å²) < 4.78 is 5.37. The van der Waals surface area contributed by atoms with E-state index in [0.717, 1.165) is 22.4 Å². The second-order valence-electron chi connectivity index (χ2n) is 9.72. The summed E-state index contributed by atoms with van der Waals surface area (Å²) in [6.45, 7) is 3.53. The molecule has 3 aliphatic rings. The first kappa shape index (κ1) is 22.3. The second kappa shape index (κ2) is 7.92. The van der Waals surface area contributed by atoms with E-state index in [-0.39, 0.29) is 17.5 Å². The highest BCUT2D eigenvalue weighted by molar-refractivity contribution is 6.16. The molecule has 3 aliphatic heterocycles. The van der Waals surface area contributed by atoms with Crippen LogP contribution in [0, 0.1) is 5.92 Å². The number of methoxy groups -OCH3 is 1. The molecule has 0 bridgehead atoms. The molecule has 6 heteroatoms. The van der Waals surface area contributed by atoms with Gasteiger partial charge in [0.1, 0.15) is 11.2 Å². The number of allylic oxidation sites excluding steroid dienone is 1. The van der Waals surface area contributed by atoms with E-state index < -0.39 is 23.4 Å². The van der Waals surface area contributed by atoms with Gasteiger partial charge in [-0.3, -0.25) is 14.4 Å². The van der Waals surface area contributed by atoms with Crippen LogP contribution in [0.1, 0.15) is 35.3 Å². The topological polar surface area (TPSA) is 75.7 Å². The number of ether oxygens (including phenoxy) is 1. The van der Waals surface area contributed by atoms with E-state index in [1.807, 2.05) is 60.4 Å². The van der Waals surface area contributed by atoms with Gasteiger partial charge in [-0.15, -0.1) is 0 Å². The Morgan fingerprint density at radius 2 is 1.75 bits per heavy atom. The van der Waals surface area contributed by atoms with Gasteiger partial charge in [0.25, 0.3) is 0 Å². The SMILES string of the molecule is COc1cccc(C(=O)[C@@H]2[C@@H](C(C)=O)N3c4ccccc4C(C)=C[C@@H]3[C@@]23C(=O)Nc2ccccc23)c1. The van der Waals surface area contributed by atoms with Crippen molar-refractivity contribution in [3.63, 3.8) is 0 Å². The number of rotatable bonds is 4. The quantitative estimate of drug-likeness (QED) is 0.553. The molecule has 6 rings (SSSR count). The number of carbonyl (C=O) groups is 3. The minimum Gasteiger partial charge on any atom is -0.497 e. The molecule has 0 unspecified atom stereocenters. The first-order valence-electron chi connectivity index (χ1n) is 12.1. The number of para-hydroxylation sites is 2. The van der Waals surface area contributed by atoms with Gasteiger partial charge in [0, 0.05) is 22.5 Å². The van der Waals surface area contributed by atoms with Crippen LogP contribution < -0.4 is 15.0 Å². The van der Waals surface area contributed by atoms with Gasteiger partial charge in [-0.2, -0.15) is 0 Å².